The molecule has 1 aromatic carbocycles. The predicted molar refractivity (Wildman–Crippen MR) is 91.8 cm³/mol. The van der Waals surface area contributed by atoms with Crippen LogP contribution in [0.15, 0.2) is 18.2 Å². The topological polar surface area (TPSA) is 91.4 Å². The number of carbonyl (C=O) groups is 1. The first kappa shape index (κ1) is 17.9. The molecule has 3 rings (SSSR count). The van der Waals surface area contributed by atoms with Crippen LogP contribution in [0.4, 0.5) is 5.69 Å². The van der Waals surface area contributed by atoms with Gasteiger partial charge in [0.1, 0.15) is 0 Å². The summed E-state index contributed by atoms with van der Waals surface area (Å²) >= 11 is 0. The molecule has 1 N–H and O–H groups in total. The van der Waals surface area contributed by atoms with Crippen LogP contribution in [0.3, 0.4) is 0 Å². The van der Waals surface area contributed by atoms with Gasteiger partial charge in [0.05, 0.1) is 6.54 Å². The molecule has 25 heavy (non-hydrogen) atoms. The maximum atomic E-state index is 12.2. The van der Waals surface area contributed by atoms with Crippen molar-refractivity contribution in [2.24, 2.45) is 0 Å². The van der Waals surface area contributed by atoms with Crippen LogP contribution in [0.25, 0.3) is 0 Å². The Morgan fingerprint density at radius 1 is 1.16 bits per heavy atom. The van der Waals surface area contributed by atoms with E-state index in [0.29, 0.717) is 43.4 Å². The van der Waals surface area contributed by atoms with E-state index in [1.165, 1.54) is 22.7 Å². The second kappa shape index (κ2) is 7.16. The van der Waals surface area contributed by atoms with Crippen LogP contribution < -0.4 is 14.8 Å². The molecule has 1 aromatic rings. The van der Waals surface area contributed by atoms with E-state index in [9.17, 15) is 13.2 Å². The van der Waals surface area contributed by atoms with Gasteiger partial charge in [0.25, 0.3) is 10.2 Å². The SMILES string of the molecule is CN(C)S(=O)(=O)N1CCN(CC(=O)Nc2ccc3c(c2)OCO3)CC1. The second-order valence-electron chi connectivity index (χ2n) is 6.08. The molecule has 0 unspecified atom stereocenters. The van der Waals surface area contributed by atoms with Gasteiger partial charge in [-0.15, -0.1) is 0 Å². The van der Waals surface area contributed by atoms with Crippen molar-refractivity contribution >= 4 is 21.8 Å². The van der Waals surface area contributed by atoms with E-state index >= 15 is 0 Å². The predicted octanol–water partition coefficient (Wildman–Crippen LogP) is -0.222. The highest BCUT2D eigenvalue weighted by atomic mass is 32.2. The van der Waals surface area contributed by atoms with Gasteiger partial charge in [-0.2, -0.15) is 17.0 Å². The fraction of sp³-hybridized carbons (Fsp3) is 0.533. The van der Waals surface area contributed by atoms with E-state index in [1.807, 2.05) is 4.90 Å². The lowest BCUT2D eigenvalue weighted by Crippen LogP contribution is -2.52. The van der Waals surface area contributed by atoms with E-state index in [4.69, 9.17) is 9.47 Å². The number of ether oxygens (including phenoxy) is 2. The van der Waals surface area contributed by atoms with Crippen LogP contribution in [0.2, 0.25) is 0 Å². The van der Waals surface area contributed by atoms with Gasteiger partial charge < -0.3 is 14.8 Å². The van der Waals surface area contributed by atoms with E-state index in [1.54, 1.807) is 18.2 Å². The van der Waals surface area contributed by atoms with Crippen LogP contribution in [0, 0.1) is 0 Å². The monoisotopic (exact) mass is 370 g/mol. The number of fused-ring (bicyclic) bond motifs is 1. The lowest BCUT2D eigenvalue weighted by Gasteiger charge is -2.34. The van der Waals surface area contributed by atoms with Gasteiger partial charge in [0.15, 0.2) is 11.5 Å². The quantitative estimate of drug-likeness (QED) is 0.770. The molecule has 0 bridgehead atoms. The molecule has 2 aliphatic heterocycles. The molecule has 9 nitrogen and oxygen atoms in total. The maximum absolute atomic E-state index is 12.2. The molecular weight excluding hydrogens is 348 g/mol. The molecule has 1 fully saturated rings. The van der Waals surface area contributed by atoms with Gasteiger partial charge in [-0.05, 0) is 12.1 Å². The molecule has 0 spiro atoms. The Morgan fingerprint density at radius 2 is 1.84 bits per heavy atom. The van der Waals surface area contributed by atoms with Crippen molar-refractivity contribution in [1.29, 1.82) is 0 Å². The zero-order chi connectivity index (χ0) is 18.0. The van der Waals surface area contributed by atoms with Crippen molar-refractivity contribution < 1.29 is 22.7 Å². The minimum absolute atomic E-state index is 0.150. The second-order valence-corrected chi connectivity index (χ2v) is 8.22. The van der Waals surface area contributed by atoms with Gasteiger partial charge in [-0.1, -0.05) is 0 Å². The summed E-state index contributed by atoms with van der Waals surface area (Å²) in [5, 5.41) is 2.82. The van der Waals surface area contributed by atoms with E-state index in [2.05, 4.69) is 5.32 Å². The Labute approximate surface area is 147 Å². The number of nitrogens with zero attached hydrogens (tertiary/aromatic N) is 3. The highest BCUT2D eigenvalue weighted by Gasteiger charge is 2.29. The zero-order valence-electron chi connectivity index (χ0n) is 14.3. The van der Waals surface area contributed by atoms with Gasteiger partial charge >= 0.3 is 0 Å². The Hall–Kier alpha value is -1.88. The van der Waals surface area contributed by atoms with Crippen molar-refractivity contribution in [3.63, 3.8) is 0 Å². The van der Waals surface area contributed by atoms with Crippen LogP contribution >= 0.6 is 0 Å². The molecule has 2 aliphatic rings. The fourth-order valence-corrected chi connectivity index (χ4v) is 3.81. The molecule has 10 heteroatoms. The number of benzene rings is 1. The summed E-state index contributed by atoms with van der Waals surface area (Å²) in [5.41, 5.74) is 0.642. The molecule has 0 aliphatic carbocycles. The maximum Gasteiger partial charge on any atom is 0.281 e. The third-order valence-electron chi connectivity index (χ3n) is 4.14. The molecule has 138 valence electrons. The molecule has 1 saturated heterocycles. The minimum Gasteiger partial charge on any atom is -0.454 e. The molecule has 1 amide bonds. The number of rotatable bonds is 5. The third-order valence-corrected chi connectivity index (χ3v) is 6.08. The van der Waals surface area contributed by atoms with Gasteiger partial charge in [0, 0.05) is 52.0 Å². The molecule has 0 atom stereocenters. The van der Waals surface area contributed by atoms with Crippen LogP contribution in [0.1, 0.15) is 0 Å². The van der Waals surface area contributed by atoms with Crippen molar-refractivity contribution in [3.05, 3.63) is 18.2 Å². The number of carbonyl (C=O) groups excluding carboxylic acids is 1. The summed E-state index contributed by atoms with van der Waals surface area (Å²) in [4.78, 5) is 14.1. The molecular formula is C15H22N4O5S. The number of nitrogens with one attached hydrogen (secondary N) is 1. The first-order chi connectivity index (χ1) is 11.9. The Bertz CT molecular complexity index is 744. The van der Waals surface area contributed by atoms with E-state index < -0.39 is 10.2 Å². The highest BCUT2D eigenvalue weighted by molar-refractivity contribution is 7.86. The zero-order valence-corrected chi connectivity index (χ0v) is 15.1. The standard InChI is InChI=1S/C15H22N4O5S/c1-17(2)25(21,22)19-7-5-18(6-8-19)10-15(20)16-12-3-4-13-14(9-12)24-11-23-13/h3-4,9H,5-8,10-11H2,1-2H3,(H,16,20). The average molecular weight is 370 g/mol. The van der Waals surface area contributed by atoms with E-state index in [-0.39, 0.29) is 19.2 Å². The number of hydrogen-bond donors (Lipinski definition) is 1. The lowest BCUT2D eigenvalue weighted by molar-refractivity contribution is -0.117. The summed E-state index contributed by atoms with van der Waals surface area (Å²) in [6.45, 7) is 2.18. The summed E-state index contributed by atoms with van der Waals surface area (Å²) in [6.07, 6.45) is 0. The summed E-state index contributed by atoms with van der Waals surface area (Å²) < 4.78 is 37.3. The van der Waals surface area contributed by atoms with Crippen molar-refractivity contribution in [3.8, 4) is 11.5 Å². The summed E-state index contributed by atoms with van der Waals surface area (Å²) in [5.74, 6) is 1.12. The largest absolute Gasteiger partial charge is 0.454 e. The summed E-state index contributed by atoms with van der Waals surface area (Å²) in [7, 11) is -0.364. The number of piperazine rings is 1. The van der Waals surface area contributed by atoms with Gasteiger partial charge in [-0.3, -0.25) is 9.69 Å². The van der Waals surface area contributed by atoms with Crippen molar-refractivity contribution in [2.45, 2.75) is 0 Å². The lowest BCUT2D eigenvalue weighted by atomic mass is 10.2. The van der Waals surface area contributed by atoms with Crippen molar-refractivity contribution in [2.75, 3.05) is 58.9 Å². The normalized spacial score (nSPS) is 18.5. The molecule has 0 saturated carbocycles. The smallest absolute Gasteiger partial charge is 0.281 e. The van der Waals surface area contributed by atoms with Crippen LogP contribution in [0.5, 0.6) is 11.5 Å². The average Bonchev–Trinajstić information content (AvgIpc) is 3.02. The Morgan fingerprint density at radius 3 is 2.52 bits per heavy atom. The fourth-order valence-electron chi connectivity index (χ4n) is 2.73. The number of hydrogen-bond acceptors (Lipinski definition) is 6. The van der Waals surface area contributed by atoms with Crippen LogP contribution in [-0.4, -0.2) is 81.4 Å². The van der Waals surface area contributed by atoms with Gasteiger partial charge in [0.2, 0.25) is 12.7 Å². The number of amides is 1. The van der Waals surface area contributed by atoms with Gasteiger partial charge in [-0.25, -0.2) is 0 Å². The first-order valence-corrected chi connectivity index (χ1v) is 9.35. The minimum atomic E-state index is -3.39. The molecule has 0 radical (unpaired) electrons. The molecule has 0 aromatic heterocycles. The third kappa shape index (κ3) is 4.03. The van der Waals surface area contributed by atoms with Crippen molar-refractivity contribution in [1.82, 2.24) is 13.5 Å². The summed E-state index contributed by atoms with van der Waals surface area (Å²) in [6, 6.07) is 5.23. The number of anilines is 1. The van der Waals surface area contributed by atoms with Crippen LogP contribution in [-0.2, 0) is 15.0 Å². The van der Waals surface area contributed by atoms with E-state index in [0.717, 1.165) is 0 Å². The molecule has 2 heterocycles. The first-order valence-electron chi connectivity index (χ1n) is 7.96. The highest BCUT2D eigenvalue weighted by Crippen LogP contribution is 2.34. The Balaban J connectivity index is 1.50. The Kier molecular flexibility index (Phi) is 5.13.